The topological polar surface area (TPSA) is 79.5 Å². The van der Waals surface area contributed by atoms with Crippen LogP contribution in [0, 0.1) is 11.7 Å². The van der Waals surface area contributed by atoms with E-state index < -0.39 is 10.0 Å². The van der Waals surface area contributed by atoms with Gasteiger partial charge in [-0.3, -0.25) is 0 Å². The summed E-state index contributed by atoms with van der Waals surface area (Å²) in [6, 6.07) is 12.3. The predicted molar refractivity (Wildman–Crippen MR) is 115 cm³/mol. The van der Waals surface area contributed by atoms with Crippen LogP contribution >= 0.6 is 0 Å². The lowest BCUT2D eigenvalue weighted by Gasteiger charge is -2.34. The molecule has 31 heavy (non-hydrogen) atoms. The summed E-state index contributed by atoms with van der Waals surface area (Å²) in [5.41, 5.74) is 0.936. The van der Waals surface area contributed by atoms with Crippen molar-refractivity contribution in [2.24, 2.45) is 5.92 Å². The molecule has 2 aromatic carbocycles. The fraction of sp³-hybridized carbons (Fsp3) is 0.364. The first kappa shape index (κ1) is 21.6. The van der Waals surface area contributed by atoms with Crippen LogP contribution in [0.15, 0.2) is 57.9 Å². The van der Waals surface area contributed by atoms with Gasteiger partial charge >= 0.3 is 0 Å². The quantitative estimate of drug-likeness (QED) is 0.579. The second kappa shape index (κ2) is 8.86. The average molecular weight is 445 g/mol. The van der Waals surface area contributed by atoms with E-state index in [1.165, 1.54) is 16.4 Å². The zero-order chi connectivity index (χ0) is 22.0. The SMILES string of the molecule is CC(C)CN1CCN(S(=O)(=O)c2ccccc2-c2nc(-c3ccc(F)cc3)no2)CC1. The van der Waals surface area contributed by atoms with E-state index in [1.807, 2.05) is 0 Å². The highest BCUT2D eigenvalue weighted by atomic mass is 32.2. The Morgan fingerprint density at radius 2 is 1.71 bits per heavy atom. The van der Waals surface area contributed by atoms with Crippen LogP contribution in [0.5, 0.6) is 0 Å². The number of rotatable bonds is 6. The Kier molecular flexibility index (Phi) is 6.17. The van der Waals surface area contributed by atoms with Gasteiger partial charge < -0.3 is 9.42 Å². The van der Waals surface area contributed by atoms with E-state index in [-0.39, 0.29) is 22.4 Å². The van der Waals surface area contributed by atoms with Crippen molar-refractivity contribution in [2.45, 2.75) is 18.7 Å². The molecule has 9 heteroatoms. The lowest BCUT2D eigenvalue weighted by Crippen LogP contribution is -2.49. The van der Waals surface area contributed by atoms with Crippen molar-refractivity contribution in [2.75, 3.05) is 32.7 Å². The third-order valence-electron chi connectivity index (χ3n) is 5.22. The maximum atomic E-state index is 13.4. The number of nitrogens with zero attached hydrogens (tertiary/aromatic N) is 4. The molecule has 4 rings (SSSR count). The summed E-state index contributed by atoms with van der Waals surface area (Å²) in [4.78, 5) is 6.78. The Balaban J connectivity index is 1.60. The number of sulfonamides is 1. The Morgan fingerprint density at radius 3 is 2.39 bits per heavy atom. The summed E-state index contributed by atoms with van der Waals surface area (Å²) in [7, 11) is -3.72. The molecule has 0 N–H and O–H groups in total. The first-order valence-electron chi connectivity index (χ1n) is 10.3. The lowest BCUT2D eigenvalue weighted by atomic mass is 10.2. The van der Waals surface area contributed by atoms with Crippen LogP contribution in [0.4, 0.5) is 4.39 Å². The molecule has 0 spiro atoms. The van der Waals surface area contributed by atoms with Crippen LogP contribution in [-0.4, -0.2) is 60.5 Å². The Bertz CT molecular complexity index is 1140. The van der Waals surface area contributed by atoms with Crippen LogP contribution in [0.2, 0.25) is 0 Å². The molecule has 0 aliphatic carbocycles. The van der Waals surface area contributed by atoms with Crippen LogP contribution < -0.4 is 0 Å². The summed E-state index contributed by atoms with van der Waals surface area (Å²) in [6.07, 6.45) is 0. The summed E-state index contributed by atoms with van der Waals surface area (Å²) in [5.74, 6) is 0.551. The van der Waals surface area contributed by atoms with Crippen molar-refractivity contribution < 1.29 is 17.3 Å². The summed E-state index contributed by atoms with van der Waals surface area (Å²) < 4.78 is 46.9. The van der Waals surface area contributed by atoms with Crippen molar-refractivity contribution in [1.29, 1.82) is 0 Å². The molecule has 0 bridgehead atoms. The molecule has 2 heterocycles. The third kappa shape index (κ3) is 4.68. The Morgan fingerprint density at radius 1 is 1.03 bits per heavy atom. The highest BCUT2D eigenvalue weighted by Gasteiger charge is 2.31. The molecule has 1 saturated heterocycles. The standard InChI is InChI=1S/C22H25FN4O3S/c1-16(2)15-26-11-13-27(14-12-26)31(28,29)20-6-4-3-5-19(20)22-24-21(25-30-22)17-7-9-18(23)10-8-17/h3-10,16H,11-15H2,1-2H3. The van der Waals surface area contributed by atoms with E-state index >= 15 is 0 Å². The maximum absolute atomic E-state index is 13.4. The highest BCUT2D eigenvalue weighted by molar-refractivity contribution is 7.89. The van der Waals surface area contributed by atoms with Crippen molar-refractivity contribution in [3.8, 4) is 22.8 Å². The summed E-state index contributed by atoms with van der Waals surface area (Å²) in [5, 5.41) is 3.94. The highest BCUT2D eigenvalue weighted by Crippen LogP contribution is 2.30. The second-order valence-electron chi connectivity index (χ2n) is 8.02. The number of hydrogen-bond acceptors (Lipinski definition) is 6. The zero-order valence-electron chi connectivity index (χ0n) is 17.5. The number of halogens is 1. The van der Waals surface area contributed by atoms with Gasteiger partial charge in [-0.25, -0.2) is 12.8 Å². The van der Waals surface area contributed by atoms with E-state index in [0.29, 0.717) is 43.2 Å². The second-order valence-corrected chi connectivity index (χ2v) is 9.93. The summed E-state index contributed by atoms with van der Waals surface area (Å²) >= 11 is 0. The lowest BCUT2D eigenvalue weighted by molar-refractivity contribution is 0.172. The van der Waals surface area contributed by atoms with Gasteiger partial charge in [-0.05, 0) is 42.3 Å². The predicted octanol–water partition coefficient (Wildman–Crippen LogP) is 3.51. The smallest absolute Gasteiger partial charge is 0.259 e. The number of benzene rings is 2. The molecule has 7 nitrogen and oxygen atoms in total. The molecular formula is C22H25FN4O3S. The fourth-order valence-corrected chi connectivity index (χ4v) is 5.33. The molecule has 0 atom stereocenters. The zero-order valence-corrected chi connectivity index (χ0v) is 18.3. The monoisotopic (exact) mass is 444 g/mol. The van der Waals surface area contributed by atoms with Gasteiger partial charge in [0, 0.05) is 38.3 Å². The molecular weight excluding hydrogens is 419 g/mol. The first-order valence-corrected chi connectivity index (χ1v) is 11.7. The van der Waals surface area contributed by atoms with Gasteiger partial charge in [-0.15, -0.1) is 0 Å². The van der Waals surface area contributed by atoms with E-state index in [0.717, 1.165) is 6.54 Å². The minimum absolute atomic E-state index is 0.108. The number of aromatic nitrogens is 2. The van der Waals surface area contributed by atoms with Gasteiger partial charge in [0.2, 0.25) is 15.8 Å². The van der Waals surface area contributed by atoms with Crippen molar-refractivity contribution >= 4 is 10.0 Å². The molecule has 1 aromatic heterocycles. The van der Waals surface area contributed by atoms with E-state index in [9.17, 15) is 12.8 Å². The van der Waals surface area contributed by atoms with E-state index in [4.69, 9.17) is 4.52 Å². The van der Waals surface area contributed by atoms with Gasteiger partial charge in [-0.1, -0.05) is 31.1 Å². The first-order chi connectivity index (χ1) is 14.8. The van der Waals surface area contributed by atoms with Gasteiger partial charge in [0.1, 0.15) is 5.82 Å². The van der Waals surface area contributed by atoms with Gasteiger partial charge in [-0.2, -0.15) is 9.29 Å². The van der Waals surface area contributed by atoms with Crippen molar-refractivity contribution in [1.82, 2.24) is 19.3 Å². The van der Waals surface area contributed by atoms with Gasteiger partial charge in [0.15, 0.2) is 0 Å². The number of hydrogen-bond donors (Lipinski definition) is 0. The third-order valence-corrected chi connectivity index (χ3v) is 7.18. The summed E-state index contributed by atoms with van der Waals surface area (Å²) in [6.45, 7) is 7.55. The molecule has 1 fully saturated rings. The minimum atomic E-state index is -3.72. The molecule has 164 valence electrons. The fourth-order valence-electron chi connectivity index (χ4n) is 3.73. The van der Waals surface area contributed by atoms with Crippen LogP contribution in [-0.2, 0) is 10.0 Å². The van der Waals surface area contributed by atoms with Crippen LogP contribution in [0.3, 0.4) is 0 Å². The molecule has 0 radical (unpaired) electrons. The molecule has 1 aliphatic heterocycles. The molecule has 1 aliphatic rings. The Labute approximate surface area is 181 Å². The molecule has 0 unspecified atom stereocenters. The van der Waals surface area contributed by atoms with E-state index in [2.05, 4.69) is 28.9 Å². The van der Waals surface area contributed by atoms with Gasteiger partial charge in [0.25, 0.3) is 5.89 Å². The maximum Gasteiger partial charge on any atom is 0.259 e. The van der Waals surface area contributed by atoms with Crippen molar-refractivity contribution in [3.63, 3.8) is 0 Å². The normalized spacial score (nSPS) is 16.1. The van der Waals surface area contributed by atoms with E-state index in [1.54, 1.807) is 36.4 Å². The Hall–Kier alpha value is -2.62. The van der Waals surface area contributed by atoms with Crippen LogP contribution in [0.25, 0.3) is 22.8 Å². The largest absolute Gasteiger partial charge is 0.334 e. The van der Waals surface area contributed by atoms with Gasteiger partial charge in [0.05, 0.1) is 10.5 Å². The minimum Gasteiger partial charge on any atom is -0.334 e. The molecule has 3 aromatic rings. The van der Waals surface area contributed by atoms with Crippen molar-refractivity contribution in [3.05, 3.63) is 54.3 Å². The molecule has 0 amide bonds. The number of piperazine rings is 1. The molecule has 0 saturated carbocycles. The van der Waals surface area contributed by atoms with Crippen LogP contribution in [0.1, 0.15) is 13.8 Å². The average Bonchev–Trinajstić information content (AvgIpc) is 3.24.